The summed E-state index contributed by atoms with van der Waals surface area (Å²) in [7, 11) is 0. The van der Waals surface area contributed by atoms with Crippen LogP contribution in [0, 0.1) is 11.8 Å². The molecular formula is C20H17F3O. The van der Waals surface area contributed by atoms with Crippen LogP contribution in [0.3, 0.4) is 0 Å². The molecule has 2 aromatic carbocycles. The summed E-state index contributed by atoms with van der Waals surface area (Å²) in [6, 6.07) is 13.6. The molecular weight excluding hydrogens is 313 g/mol. The summed E-state index contributed by atoms with van der Waals surface area (Å²) in [4.78, 5) is 0. The summed E-state index contributed by atoms with van der Waals surface area (Å²) in [5, 5.41) is 10.9. The smallest absolute Gasteiger partial charge is 0.373 e. The third-order valence-electron chi connectivity index (χ3n) is 3.59. The summed E-state index contributed by atoms with van der Waals surface area (Å²) in [5.41, 5.74) is -1.23. The molecule has 0 fully saturated rings. The normalized spacial score (nSPS) is 13.5. The van der Waals surface area contributed by atoms with Crippen LogP contribution >= 0.6 is 0 Å². The van der Waals surface area contributed by atoms with E-state index < -0.39 is 17.3 Å². The fourth-order valence-corrected chi connectivity index (χ4v) is 2.22. The van der Waals surface area contributed by atoms with Gasteiger partial charge in [0.05, 0.1) is 5.56 Å². The first kappa shape index (κ1) is 17.8. The molecule has 0 saturated heterocycles. The topological polar surface area (TPSA) is 20.2 Å². The number of hydrogen-bond acceptors (Lipinski definition) is 1. The Bertz CT molecular complexity index is 736. The second kappa shape index (κ2) is 7.37. The third kappa shape index (κ3) is 4.50. The lowest BCUT2D eigenvalue weighted by atomic mass is 9.88. The molecule has 0 saturated carbocycles. The van der Waals surface area contributed by atoms with E-state index in [1.807, 2.05) is 18.2 Å². The zero-order chi connectivity index (χ0) is 17.6. The lowest BCUT2D eigenvalue weighted by molar-refractivity contribution is -0.137. The Kier molecular flexibility index (Phi) is 5.48. The lowest BCUT2D eigenvalue weighted by Gasteiger charge is -2.23. The standard InChI is InChI=1S/C20H17F3O/c1-2-3-14-19(24,15-13-16-7-5-4-6-8-16)17-9-11-18(12-10-17)20(21,22)23/h2,4-12,24H,1,3,14H2. The number of benzene rings is 2. The van der Waals surface area contributed by atoms with Gasteiger partial charge in [-0.3, -0.25) is 0 Å². The molecule has 2 aromatic rings. The average molecular weight is 330 g/mol. The van der Waals surface area contributed by atoms with Crippen LogP contribution in [0.15, 0.2) is 67.3 Å². The van der Waals surface area contributed by atoms with E-state index in [1.165, 1.54) is 12.1 Å². The molecule has 4 heteroatoms. The van der Waals surface area contributed by atoms with E-state index in [-0.39, 0.29) is 6.42 Å². The molecule has 1 N–H and O–H groups in total. The minimum atomic E-state index is -4.41. The quantitative estimate of drug-likeness (QED) is 0.624. The van der Waals surface area contributed by atoms with Gasteiger partial charge in [0.1, 0.15) is 0 Å². The molecule has 124 valence electrons. The number of rotatable bonds is 4. The zero-order valence-corrected chi connectivity index (χ0v) is 13.0. The van der Waals surface area contributed by atoms with E-state index in [0.717, 1.165) is 17.7 Å². The summed E-state index contributed by atoms with van der Waals surface area (Å²) in [5.74, 6) is 5.68. The van der Waals surface area contributed by atoms with Crippen molar-refractivity contribution in [1.82, 2.24) is 0 Å². The molecule has 2 rings (SSSR count). The van der Waals surface area contributed by atoms with Crippen molar-refractivity contribution in [3.63, 3.8) is 0 Å². The van der Waals surface area contributed by atoms with E-state index in [9.17, 15) is 18.3 Å². The van der Waals surface area contributed by atoms with E-state index in [4.69, 9.17) is 0 Å². The molecule has 0 radical (unpaired) electrons. The summed E-state index contributed by atoms with van der Waals surface area (Å²) in [6.07, 6.45) is -2.03. The summed E-state index contributed by atoms with van der Waals surface area (Å²) >= 11 is 0. The average Bonchev–Trinajstić information content (AvgIpc) is 2.58. The third-order valence-corrected chi connectivity index (χ3v) is 3.59. The number of hydrogen-bond donors (Lipinski definition) is 1. The Labute approximate surface area is 139 Å². The van der Waals surface area contributed by atoms with Crippen LogP contribution in [0.5, 0.6) is 0 Å². The van der Waals surface area contributed by atoms with Gasteiger partial charge in [-0.2, -0.15) is 13.2 Å². The van der Waals surface area contributed by atoms with Crippen LogP contribution in [0.1, 0.15) is 29.5 Å². The minimum Gasteiger partial charge on any atom is -0.373 e. The molecule has 0 bridgehead atoms. The maximum Gasteiger partial charge on any atom is 0.416 e. The Morgan fingerprint density at radius 2 is 1.54 bits per heavy atom. The minimum absolute atomic E-state index is 0.252. The van der Waals surface area contributed by atoms with Gasteiger partial charge in [-0.15, -0.1) is 6.58 Å². The van der Waals surface area contributed by atoms with Crippen molar-refractivity contribution in [1.29, 1.82) is 0 Å². The molecule has 0 heterocycles. The second-order valence-electron chi connectivity index (χ2n) is 5.38. The summed E-state index contributed by atoms with van der Waals surface area (Å²) in [6.45, 7) is 3.61. The molecule has 1 nitrogen and oxygen atoms in total. The molecule has 1 atom stereocenters. The maximum absolute atomic E-state index is 12.7. The highest BCUT2D eigenvalue weighted by Gasteiger charge is 2.32. The largest absolute Gasteiger partial charge is 0.416 e. The van der Waals surface area contributed by atoms with Crippen LogP contribution in [0.4, 0.5) is 13.2 Å². The molecule has 1 unspecified atom stereocenters. The molecule has 0 aliphatic carbocycles. The first-order valence-corrected chi connectivity index (χ1v) is 7.44. The van der Waals surface area contributed by atoms with Gasteiger partial charge in [-0.25, -0.2) is 0 Å². The molecule has 0 aliphatic heterocycles. The van der Waals surface area contributed by atoms with Crippen LogP contribution in [0.2, 0.25) is 0 Å². The maximum atomic E-state index is 12.7. The highest BCUT2D eigenvalue weighted by molar-refractivity contribution is 5.40. The number of allylic oxidation sites excluding steroid dienone is 1. The first-order valence-electron chi connectivity index (χ1n) is 7.44. The van der Waals surface area contributed by atoms with Crippen LogP contribution < -0.4 is 0 Å². The van der Waals surface area contributed by atoms with Gasteiger partial charge in [0.25, 0.3) is 0 Å². The SMILES string of the molecule is C=CCCC(O)(C#Cc1ccccc1)c1ccc(C(F)(F)F)cc1. The number of alkyl halides is 3. The van der Waals surface area contributed by atoms with Crippen molar-refractivity contribution in [2.75, 3.05) is 0 Å². The fraction of sp³-hybridized carbons (Fsp3) is 0.200. The fourth-order valence-electron chi connectivity index (χ4n) is 2.22. The Balaban J connectivity index is 2.37. The molecule has 24 heavy (non-hydrogen) atoms. The van der Waals surface area contributed by atoms with Gasteiger partial charge in [0, 0.05) is 5.56 Å². The summed E-state index contributed by atoms with van der Waals surface area (Å²) < 4.78 is 38.1. The predicted molar refractivity (Wildman–Crippen MR) is 88.1 cm³/mol. The van der Waals surface area contributed by atoms with Gasteiger partial charge < -0.3 is 5.11 Å². The van der Waals surface area contributed by atoms with Crippen molar-refractivity contribution in [3.05, 3.63) is 83.9 Å². The highest BCUT2D eigenvalue weighted by atomic mass is 19.4. The van der Waals surface area contributed by atoms with E-state index in [2.05, 4.69) is 18.4 Å². The van der Waals surface area contributed by atoms with Crippen molar-refractivity contribution in [2.24, 2.45) is 0 Å². The molecule has 0 aliphatic rings. The molecule has 0 amide bonds. The van der Waals surface area contributed by atoms with Gasteiger partial charge in [-0.1, -0.05) is 48.2 Å². The zero-order valence-electron chi connectivity index (χ0n) is 13.0. The number of aliphatic hydroxyl groups is 1. The van der Waals surface area contributed by atoms with E-state index in [0.29, 0.717) is 12.0 Å². The lowest BCUT2D eigenvalue weighted by Crippen LogP contribution is -2.23. The second-order valence-corrected chi connectivity index (χ2v) is 5.38. The van der Waals surface area contributed by atoms with Crippen LogP contribution in [-0.2, 0) is 11.8 Å². The molecule has 0 aromatic heterocycles. The van der Waals surface area contributed by atoms with Crippen molar-refractivity contribution < 1.29 is 18.3 Å². The monoisotopic (exact) mass is 330 g/mol. The van der Waals surface area contributed by atoms with Crippen LogP contribution in [0.25, 0.3) is 0 Å². The first-order chi connectivity index (χ1) is 11.3. The Morgan fingerprint density at radius 3 is 2.08 bits per heavy atom. The van der Waals surface area contributed by atoms with E-state index >= 15 is 0 Å². The van der Waals surface area contributed by atoms with Gasteiger partial charge >= 0.3 is 6.18 Å². The van der Waals surface area contributed by atoms with Crippen molar-refractivity contribution >= 4 is 0 Å². The molecule has 0 spiro atoms. The van der Waals surface area contributed by atoms with Gasteiger partial charge in [-0.05, 0) is 42.7 Å². The van der Waals surface area contributed by atoms with E-state index in [1.54, 1.807) is 18.2 Å². The highest BCUT2D eigenvalue weighted by Crippen LogP contribution is 2.32. The van der Waals surface area contributed by atoms with Crippen LogP contribution in [-0.4, -0.2) is 5.11 Å². The Hall–Kier alpha value is -2.51. The van der Waals surface area contributed by atoms with Gasteiger partial charge in [0.2, 0.25) is 0 Å². The van der Waals surface area contributed by atoms with Crippen molar-refractivity contribution in [2.45, 2.75) is 24.6 Å². The predicted octanol–water partition coefficient (Wildman–Crippen LogP) is 4.91. The van der Waals surface area contributed by atoms with Crippen molar-refractivity contribution in [3.8, 4) is 11.8 Å². The van der Waals surface area contributed by atoms with Gasteiger partial charge in [0.15, 0.2) is 5.60 Å². The number of halogens is 3. The Morgan fingerprint density at radius 1 is 0.958 bits per heavy atom.